The van der Waals surface area contributed by atoms with Gasteiger partial charge in [-0.3, -0.25) is 9.97 Å². The lowest BCUT2D eigenvalue weighted by atomic mass is 10.0. The van der Waals surface area contributed by atoms with Gasteiger partial charge in [-0.1, -0.05) is 60.7 Å². The summed E-state index contributed by atoms with van der Waals surface area (Å²) in [6.07, 6.45) is 7.97. The highest BCUT2D eigenvalue weighted by atomic mass is 32.1. The molecule has 202 valence electrons. The van der Waals surface area contributed by atoms with Crippen molar-refractivity contribution >= 4 is 63.0 Å². The molecule has 0 amide bonds. The summed E-state index contributed by atoms with van der Waals surface area (Å²) >= 11 is 3.74. The summed E-state index contributed by atoms with van der Waals surface area (Å²) in [6, 6.07) is 39.8. The number of thiophene rings is 2. The van der Waals surface area contributed by atoms with E-state index < -0.39 is 0 Å². The highest BCUT2D eigenvalue weighted by molar-refractivity contribution is 7.26. The first-order chi connectivity index (χ1) is 20.8. The van der Waals surface area contributed by atoms with Gasteiger partial charge in [-0.25, -0.2) is 0 Å². The summed E-state index contributed by atoms with van der Waals surface area (Å²) in [7, 11) is 0. The minimum absolute atomic E-state index is 0.922. The van der Waals surface area contributed by atoms with Crippen LogP contribution >= 0.6 is 22.7 Å². The van der Waals surface area contributed by atoms with Crippen molar-refractivity contribution in [3.05, 3.63) is 144 Å². The van der Waals surface area contributed by atoms with E-state index in [1.165, 1.54) is 62.6 Å². The summed E-state index contributed by atoms with van der Waals surface area (Å²) in [4.78, 5) is 9.51. The Labute approximate surface area is 253 Å². The number of benzene rings is 4. The first kappa shape index (κ1) is 25.3. The maximum atomic E-state index is 4.76. The van der Waals surface area contributed by atoms with Crippen molar-refractivity contribution in [2.45, 2.75) is 25.7 Å². The Morgan fingerprint density at radius 3 is 1.24 bits per heavy atom. The lowest BCUT2D eigenvalue weighted by Crippen LogP contribution is -1.95. The van der Waals surface area contributed by atoms with Crippen LogP contribution in [0.4, 0.5) is 0 Å². The zero-order chi connectivity index (χ0) is 27.9. The number of aromatic nitrogens is 2. The topological polar surface area (TPSA) is 25.8 Å². The third kappa shape index (κ3) is 4.87. The van der Waals surface area contributed by atoms with Crippen LogP contribution in [0.1, 0.15) is 22.3 Å². The number of hydrogen-bond donors (Lipinski definition) is 0. The summed E-state index contributed by atoms with van der Waals surface area (Å²) < 4.78 is 5.43. The predicted molar refractivity (Wildman–Crippen MR) is 181 cm³/mol. The first-order valence-corrected chi connectivity index (χ1v) is 16.1. The van der Waals surface area contributed by atoms with Crippen LogP contribution in [0.2, 0.25) is 0 Å². The second kappa shape index (κ2) is 10.8. The van der Waals surface area contributed by atoms with Crippen LogP contribution < -0.4 is 0 Å². The van der Waals surface area contributed by atoms with Crippen molar-refractivity contribution in [1.29, 1.82) is 0 Å². The molecule has 2 nitrogen and oxygen atoms in total. The zero-order valence-corrected chi connectivity index (χ0v) is 24.7. The highest BCUT2D eigenvalue weighted by Gasteiger charge is 2.08. The van der Waals surface area contributed by atoms with Gasteiger partial charge < -0.3 is 0 Å². The van der Waals surface area contributed by atoms with Gasteiger partial charge in [0.1, 0.15) is 0 Å². The fourth-order valence-electron chi connectivity index (χ4n) is 5.88. The molecule has 0 radical (unpaired) electrons. The summed E-state index contributed by atoms with van der Waals surface area (Å²) in [6.45, 7) is 0. The van der Waals surface area contributed by atoms with Gasteiger partial charge in [0.25, 0.3) is 0 Å². The molecule has 42 heavy (non-hydrogen) atoms. The van der Waals surface area contributed by atoms with Gasteiger partial charge in [0.2, 0.25) is 0 Å². The quantitative estimate of drug-likeness (QED) is 0.189. The molecule has 0 spiro atoms. The van der Waals surface area contributed by atoms with Crippen molar-refractivity contribution in [2.24, 2.45) is 0 Å². The number of hydrogen-bond acceptors (Lipinski definition) is 4. The number of rotatable bonds is 7. The largest absolute Gasteiger partial charge is 0.254 e. The van der Waals surface area contributed by atoms with Crippen LogP contribution in [0.15, 0.2) is 122 Å². The highest BCUT2D eigenvalue weighted by Crippen LogP contribution is 2.35. The minimum Gasteiger partial charge on any atom is -0.254 e. The van der Waals surface area contributed by atoms with Gasteiger partial charge >= 0.3 is 0 Å². The maximum Gasteiger partial charge on any atom is 0.0886 e. The van der Waals surface area contributed by atoms with Crippen molar-refractivity contribution in [1.82, 2.24) is 9.97 Å². The van der Waals surface area contributed by atoms with Gasteiger partial charge in [-0.15, -0.1) is 22.7 Å². The predicted octanol–water partition coefficient (Wildman–Crippen LogP) is 10.4. The van der Waals surface area contributed by atoms with Crippen LogP contribution in [0.3, 0.4) is 0 Å². The van der Waals surface area contributed by atoms with E-state index in [1.807, 2.05) is 35.1 Å². The normalized spacial score (nSPS) is 11.7. The Hall–Kier alpha value is -4.38. The van der Waals surface area contributed by atoms with Crippen LogP contribution in [-0.2, 0) is 25.7 Å². The third-order valence-corrected chi connectivity index (χ3v) is 10.5. The Morgan fingerprint density at radius 2 is 0.786 bits per heavy atom. The smallest absolute Gasteiger partial charge is 0.0886 e. The number of nitrogens with zero attached hydrogens (tertiary/aromatic N) is 2. The first-order valence-electron chi connectivity index (χ1n) is 14.5. The van der Waals surface area contributed by atoms with Gasteiger partial charge in [-0.05, 0) is 96.5 Å². The molecule has 0 atom stereocenters. The third-order valence-electron chi connectivity index (χ3n) is 8.20. The summed E-state index contributed by atoms with van der Waals surface area (Å²) in [5.74, 6) is 0. The molecule has 0 bridgehead atoms. The molecule has 8 rings (SSSR count). The van der Waals surface area contributed by atoms with E-state index in [-0.39, 0.29) is 0 Å². The molecule has 0 aliphatic carbocycles. The molecular weight excluding hydrogens is 549 g/mol. The van der Waals surface area contributed by atoms with Crippen molar-refractivity contribution in [3.8, 4) is 11.4 Å². The van der Waals surface area contributed by atoms with E-state index in [0.29, 0.717) is 0 Å². The summed E-state index contributed by atoms with van der Waals surface area (Å²) in [5, 5.41) is 5.46. The Balaban J connectivity index is 0.911. The monoisotopic (exact) mass is 576 g/mol. The van der Waals surface area contributed by atoms with E-state index in [0.717, 1.165) is 37.1 Å². The Kier molecular flexibility index (Phi) is 6.51. The van der Waals surface area contributed by atoms with Gasteiger partial charge in [0.15, 0.2) is 0 Å². The Morgan fingerprint density at radius 1 is 0.381 bits per heavy atom. The standard InChI is InChI=1S/C38H28N2S2/c1-3-7-35-29(5-1)31-21-25(15-19-37(31)41-35)9-11-27-13-17-33(39-23-27)34-18-14-28(24-40-34)12-10-26-16-20-38-32(22-26)30-6-2-4-8-36(30)42-38/h1-8,13-24H,9-12H2. The van der Waals surface area contributed by atoms with E-state index in [9.17, 15) is 0 Å². The Bertz CT molecular complexity index is 2030. The molecule has 4 heterocycles. The molecule has 4 heteroatoms. The molecule has 4 aromatic carbocycles. The van der Waals surface area contributed by atoms with Gasteiger partial charge in [0, 0.05) is 52.7 Å². The average Bonchev–Trinajstić information content (AvgIpc) is 3.61. The maximum absolute atomic E-state index is 4.76. The van der Waals surface area contributed by atoms with Gasteiger partial charge in [-0.2, -0.15) is 0 Å². The van der Waals surface area contributed by atoms with Crippen LogP contribution in [0, 0.1) is 0 Å². The molecule has 0 saturated carbocycles. The fraction of sp³-hybridized carbons (Fsp3) is 0.105. The van der Waals surface area contributed by atoms with Crippen molar-refractivity contribution in [3.63, 3.8) is 0 Å². The van der Waals surface area contributed by atoms with E-state index in [1.54, 1.807) is 0 Å². The molecule has 0 aliphatic rings. The van der Waals surface area contributed by atoms with Crippen LogP contribution in [0.5, 0.6) is 0 Å². The molecule has 0 fully saturated rings. The fourth-order valence-corrected chi connectivity index (χ4v) is 8.06. The number of aryl methyl sites for hydroxylation is 4. The second-order valence-corrected chi connectivity index (χ2v) is 13.1. The molecule has 0 saturated heterocycles. The molecular formula is C38H28N2S2. The molecule has 0 unspecified atom stereocenters. The lowest BCUT2D eigenvalue weighted by Gasteiger charge is -2.06. The second-order valence-electron chi connectivity index (χ2n) is 11.0. The molecule has 0 aliphatic heterocycles. The number of fused-ring (bicyclic) bond motifs is 6. The van der Waals surface area contributed by atoms with E-state index >= 15 is 0 Å². The van der Waals surface area contributed by atoms with E-state index in [2.05, 4.69) is 109 Å². The average molecular weight is 577 g/mol. The SMILES string of the molecule is c1ccc2c(c1)sc1ccc(CCc3ccc(-c4ccc(CCc5ccc6sc7ccccc7c6c5)cn4)nc3)cc12. The van der Waals surface area contributed by atoms with E-state index in [4.69, 9.17) is 9.97 Å². The lowest BCUT2D eigenvalue weighted by molar-refractivity contribution is 0.948. The van der Waals surface area contributed by atoms with Crippen molar-refractivity contribution < 1.29 is 0 Å². The minimum atomic E-state index is 0.922. The molecule has 4 aromatic heterocycles. The van der Waals surface area contributed by atoms with Crippen LogP contribution in [0.25, 0.3) is 51.7 Å². The summed E-state index contributed by atoms with van der Waals surface area (Å²) in [5.41, 5.74) is 7.09. The van der Waals surface area contributed by atoms with Gasteiger partial charge in [0.05, 0.1) is 11.4 Å². The van der Waals surface area contributed by atoms with Crippen LogP contribution in [-0.4, -0.2) is 9.97 Å². The number of pyridine rings is 2. The zero-order valence-electron chi connectivity index (χ0n) is 23.1. The molecule has 8 aromatic rings. The molecule has 0 N–H and O–H groups in total. The van der Waals surface area contributed by atoms with Crippen molar-refractivity contribution in [2.75, 3.05) is 0 Å².